The molecule has 4 aliphatic carbocycles. The summed E-state index contributed by atoms with van der Waals surface area (Å²) < 4.78 is 0. The van der Waals surface area contributed by atoms with E-state index in [1.54, 1.807) is 0 Å². The smallest absolute Gasteiger partial charge is 0.223 e. The van der Waals surface area contributed by atoms with Gasteiger partial charge in [-0.2, -0.15) is 0 Å². The van der Waals surface area contributed by atoms with Gasteiger partial charge in [-0.15, -0.1) is 0 Å². The molecule has 4 fully saturated rings. The highest BCUT2D eigenvalue weighted by Gasteiger charge is 2.54. The van der Waals surface area contributed by atoms with Gasteiger partial charge in [0.15, 0.2) is 0 Å². The summed E-state index contributed by atoms with van der Waals surface area (Å²) in [5, 5.41) is 3.46. The molecule has 0 aliphatic heterocycles. The first-order valence-corrected chi connectivity index (χ1v) is 9.26. The van der Waals surface area contributed by atoms with E-state index in [1.165, 1.54) is 32.1 Å². The molecule has 3 heteroatoms. The number of amides is 1. The first-order valence-electron chi connectivity index (χ1n) is 9.26. The van der Waals surface area contributed by atoms with Gasteiger partial charge in [0.25, 0.3) is 0 Å². The second-order valence-corrected chi connectivity index (χ2v) is 8.22. The Kier molecular flexibility index (Phi) is 3.72. The van der Waals surface area contributed by atoms with Crippen molar-refractivity contribution in [2.24, 2.45) is 41.2 Å². The number of hydrogen-bond acceptors (Lipinski definition) is 2. The van der Waals surface area contributed by atoms with Crippen molar-refractivity contribution in [2.45, 2.75) is 63.8 Å². The fourth-order valence-electron chi connectivity index (χ4n) is 6.19. The van der Waals surface area contributed by atoms with Crippen molar-refractivity contribution in [1.29, 1.82) is 0 Å². The molecule has 4 aliphatic rings. The molecule has 1 amide bonds. The number of carbonyl (C=O) groups excluding carboxylic acids is 1. The standard InChI is InChI=1S/C18H30N2O/c19-10-11-4-6-12(7-5-11)18(21)20-17-9-13-8-16(17)15-3-1-2-14(13)15/h11-17H,1-10,19H2,(H,20,21). The molecule has 2 bridgehead atoms. The van der Waals surface area contributed by atoms with Crippen molar-refractivity contribution >= 4 is 5.91 Å². The molecular weight excluding hydrogens is 260 g/mol. The third-order valence-electron chi connectivity index (χ3n) is 7.31. The lowest BCUT2D eigenvalue weighted by Crippen LogP contribution is -2.45. The third-order valence-corrected chi connectivity index (χ3v) is 7.31. The van der Waals surface area contributed by atoms with E-state index in [0.29, 0.717) is 17.9 Å². The van der Waals surface area contributed by atoms with Crippen molar-refractivity contribution in [3.8, 4) is 0 Å². The third kappa shape index (κ3) is 2.42. The summed E-state index contributed by atoms with van der Waals surface area (Å²) >= 11 is 0. The van der Waals surface area contributed by atoms with E-state index in [-0.39, 0.29) is 5.92 Å². The van der Waals surface area contributed by atoms with Gasteiger partial charge >= 0.3 is 0 Å². The first kappa shape index (κ1) is 14.0. The van der Waals surface area contributed by atoms with Gasteiger partial charge in [-0.05, 0) is 87.5 Å². The molecule has 4 rings (SSSR count). The molecule has 118 valence electrons. The van der Waals surface area contributed by atoms with E-state index in [9.17, 15) is 4.79 Å². The summed E-state index contributed by atoms with van der Waals surface area (Å²) in [6.07, 6.45) is 11.4. The molecule has 0 radical (unpaired) electrons. The Balaban J connectivity index is 1.32. The van der Waals surface area contributed by atoms with Crippen molar-refractivity contribution in [3.63, 3.8) is 0 Å². The highest BCUT2D eigenvalue weighted by Crippen LogP contribution is 2.58. The molecule has 0 aromatic heterocycles. The van der Waals surface area contributed by atoms with Crippen LogP contribution in [0.1, 0.15) is 57.8 Å². The number of carbonyl (C=O) groups is 1. The fourth-order valence-corrected chi connectivity index (χ4v) is 6.19. The molecule has 21 heavy (non-hydrogen) atoms. The summed E-state index contributed by atoms with van der Waals surface area (Å²) in [6, 6.07) is 0.508. The van der Waals surface area contributed by atoms with E-state index in [4.69, 9.17) is 5.73 Å². The van der Waals surface area contributed by atoms with E-state index in [2.05, 4.69) is 5.32 Å². The molecular formula is C18H30N2O. The lowest BCUT2D eigenvalue weighted by Gasteiger charge is -2.34. The zero-order chi connectivity index (χ0) is 14.4. The fraction of sp³-hybridized carbons (Fsp3) is 0.944. The Labute approximate surface area is 128 Å². The molecule has 0 saturated heterocycles. The van der Waals surface area contributed by atoms with E-state index in [1.807, 2.05) is 0 Å². The van der Waals surface area contributed by atoms with Crippen LogP contribution < -0.4 is 11.1 Å². The van der Waals surface area contributed by atoms with Crippen LogP contribution in [0.15, 0.2) is 0 Å². The number of fused-ring (bicyclic) bond motifs is 5. The maximum atomic E-state index is 12.6. The number of rotatable bonds is 3. The molecule has 0 aromatic carbocycles. The predicted octanol–water partition coefficient (Wildman–Crippen LogP) is 2.69. The van der Waals surface area contributed by atoms with Gasteiger partial charge in [0.05, 0.1) is 0 Å². The Morgan fingerprint density at radius 1 is 0.952 bits per heavy atom. The normalized spacial score (nSPS) is 48.3. The van der Waals surface area contributed by atoms with Crippen LogP contribution in [0.3, 0.4) is 0 Å². The molecule has 4 saturated carbocycles. The molecule has 3 N–H and O–H groups in total. The summed E-state index contributed by atoms with van der Waals surface area (Å²) in [5.74, 6) is 5.00. The molecule has 3 nitrogen and oxygen atoms in total. The minimum atomic E-state index is 0.270. The minimum Gasteiger partial charge on any atom is -0.353 e. The van der Waals surface area contributed by atoms with Crippen molar-refractivity contribution in [3.05, 3.63) is 0 Å². The van der Waals surface area contributed by atoms with Gasteiger partial charge in [0.2, 0.25) is 5.91 Å². The highest BCUT2D eigenvalue weighted by atomic mass is 16.1. The van der Waals surface area contributed by atoms with Gasteiger partial charge in [-0.1, -0.05) is 6.42 Å². The lowest BCUT2D eigenvalue weighted by atomic mass is 9.78. The second-order valence-electron chi connectivity index (χ2n) is 8.22. The average molecular weight is 290 g/mol. The summed E-state index contributed by atoms with van der Waals surface area (Å²) in [6.45, 7) is 0.795. The van der Waals surface area contributed by atoms with Gasteiger partial charge in [-0.3, -0.25) is 4.79 Å². The van der Waals surface area contributed by atoms with Gasteiger partial charge in [0, 0.05) is 12.0 Å². The monoisotopic (exact) mass is 290 g/mol. The predicted molar refractivity (Wildman–Crippen MR) is 83.5 cm³/mol. The number of nitrogens with one attached hydrogen (secondary N) is 1. The largest absolute Gasteiger partial charge is 0.353 e. The SMILES string of the molecule is NCC1CCC(C(=O)NC2CC3CC2C2CCCC32)CC1. The minimum absolute atomic E-state index is 0.270. The van der Waals surface area contributed by atoms with Gasteiger partial charge in [-0.25, -0.2) is 0 Å². The Bertz CT molecular complexity index is 402. The van der Waals surface area contributed by atoms with Crippen LogP contribution in [0.25, 0.3) is 0 Å². The van der Waals surface area contributed by atoms with Gasteiger partial charge < -0.3 is 11.1 Å². The zero-order valence-electron chi connectivity index (χ0n) is 13.1. The van der Waals surface area contributed by atoms with Crippen LogP contribution in [-0.2, 0) is 4.79 Å². The number of nitrogens with two attached hydrogens (primary N) is 1. The van der Waals surface area contributed by atoms with E-state index >= 15 is 0 Å². The van der Waals surface area contributed by atoms with Crippen LogP contribution in [0, 0.1) is 35.5 Å². The zero-order valence-corrected chi connectivity index (χ0v) is 13.1. The Hall–Kier alpha value is -0.570. The second kappa shape index (κ2) is 5.57. The van der Waals surface area contributed by atoms with Gasteiger partial charge in [0.1, 0.15) is 0 Å². The van der Waals surface area contributed by atoms with Crippen LogP contribution in [-0.4, -0.2) is 18.5 Å². The Morgan fingerprint density at radius 3 is 2.48 bits per heavy atom. The summed E-state index contributed by atoms with van der Waals surface area (Å²) in [4.78, 5) is 12.6. The average Bonchev–Trinajstić information content (AvgIpc) is 3.19. The number of hydrogen-bond donors (Lipinski definition) is 2. The highest BCUT2D eigenvalue weighted by molar-refractivity contribution is 5.79. The lowest BCUT2D eigenvalue weighted by molar-refractivity contribution is -0.127. The maximum Gasteiger partial charge on any atom is 0.223 e. The molecule has 5 atom stereocenters. The topological polar surface area (TPSA) is 55.1 Å². The van der Waals surface area contributed by atoms with Crippen LogP contribution in [0.2, 0.25) is 0 Å². The maximum absolute atomic E-state index is 12.6. The van der Waals surface area contributed by atoms with E-state index < -0.39 is 0 Å². The first-order chi connectivity index (χ1) is 10.3. The summed E-state index contributed by atoms with van der Waals surface area (Å²) in [7, 11) is 0. The van der Waals surface area contributed by atoms with Crippen molar-refractivity contribution in [1.82, 2.24) is 5.32 Å². The van der Waals surface area contributed by atoms with Crippen molar-refractivity contribution < 1.29 is 4.79 Å². The quantitative estimate of drug-likeness (QED) is 0.839. The van der Waals surface area contributed by atoms with Crippen LogP contribution >= 0.6 is 0 Å². The Morgan fingerprint density at radius 2 is 1.71 bits per heavy atom. The molecule has 0 heterocycles. The van der Waals surface area contributed by atoms with Crippen LogP contribution in [0.5, 0.6) is 0 Å². The van der Waals surface area contributed by atoms with Crippen molar-refractivity contribution in [2.75, 3.05) is 6.54 Å². The molecule has 0 aromatic rings. The molecule has 5 unspecified atom stereocenters. The van der Waals surface area contributed by atoms with Crippen LogP contribution in [0.4, 0.5) is 0 Å². The summed E-state index contributed by atoms with van der Waals surface area (Å²) in [5.41, 5.74) is 5.75. The molecule has 0 spiro atoms. The van der Waals surface area contributed by atoms with E-state index in [0.717, 1.165) is 55.9 Å².